The third-order valence-electron chi connectivity index (χ3n) is 6.80. The number of para-hydroxylation sites is 2. The standard InChI is InChI=1S/C33H36N4O/c1-23(2)17-31-27(21-36(34-31)29-11-7-5-8-12-29)19-25-15-16-26(33(25)38)20-28-22-37(30-13-9-6-10-14-30)35-32(28)18-24(3)4/h5-14,19-24H,15-18H2,1-4H3. The summed E-state index contributed by atoms with van der Waals surface area (Å²) < 4.78 is 3.85. The smallest absolute Gasteiger partial charge is 0.185 e. The molecule has 2 heterocycles. The van der Waals surface area contributed by atoms with Crippen molar-refractivity contribution in [3.8, 4) is 11.4 Å². The third-order valence-corrected chi connectivity index (χ3v) is 6.80. The normalized spacial score (nSPS) is 16.0. The fraction of sp³-hybridized carbons (Fsp3) is 0.303. The molecular weight excluding hydrogens is 468 g/mol. The van der Waals surface area contributed by atoms with Gasteiger partial charge in [-0.15, -0.1) is 0 Å². The highest BCUT2D eigenvalue weighted by atomic mass is 16.1. The Bertz CT molecular complexity index is 1360. The van der Waals surface area contributed by atoms with Crippen LogP contribution in [0.2, 0.25) is 0 Å². The fourth-order valence-electron chi connectivity index (χ4n) is 4.96. The number of carbonyl (C=O) groups excluding carboxylic acids is 1. The second kappa shape index (κ2) is 11.2. The van der Waals surface area contributed by atoms with E-state index in [1.807, 2.05) is 45.8 Å². The molecule has 0 amide bonds. The van der Waals surface area contributed by atoms with Crippen LogP contribution in [0.3, 0.4) is 0 Å². The maximum Gasteiger partial charge on any atom is 0.185 e. The van der Waals surface area contributed by atoms with Gasteiger partial charge < -0.3 is 0 Å². The number of hydrogen-bond donors (Lipinski definition) is 0. The van der Waals surface area contributed by atoms with E-state index in [0.717, 1.165) is 70.7 Å². The zero-order chi connectivity index (χ0) is 26.6. The molecule has 1 fully saturated rings. The molecule has 0 saturated heterocycles. The van der Waals surface area contributed by atoms with Crippen LogP contribution in [0, 0.1) is 11.8 Å². The number of rotatable bonds is 8. The average Bonchev–Trinajstić information content (AvgIpc) is 3.59. The lowest BCUT2D eigenvalue weighted by Crippen LogP contribution is -2.00. The first-order valence-corrected chi connectivity index (χ1v) is 13.6. The lowest BCUT2D eigenvalue weighted by atomic mass is 10.0. The SMILES string of the molecule is CC(C)Cc1nn(-c2ccccc2)cc1C=C1CCC(=Cc2cn(-c3ccccc3)nc2CC(C)C)C1=O. The maximum absolute atomic E-state index is 13.5. The summed E-state index contributed by atoms with van der Waals surface area (Å²) in [4.78, 5) is 13.5. The topological polar surface area (TPSA) is 52.7 Å². The molecule has 0 bridgehead atoms. The van der Waals surface area contributed by atoms with Crippen LogP contribution in [0.5, 0.6) is 0 Å². The summed E-state index contributed by atoms with van der Waals surface area (Å²) >= 11 is 0. The lowest BCUT2D eigenvalue weighted by Gasteiger charge is -2.03. The van der Waals surface area contributed by atoms with E-state index >= 15 is 0 Å². The van der Waals surface area contributed by atoms with Gasteiger partial charge in [0.1, 0.15) is 0 Å². The highest BCUT2D eigenvalue weighted by Gasteiger charge is 2.25. The van der Waals surface area contributed by atoms with Gasteiger partial charge in [0.15, 0.2) is 5.78 Å². The van der Waals surface area contributed by atoms with Gasteiger partial charge in [-0.05, 0) is 73.9 Å². The number of carbonyl (C=O) groups is 1. The average molecular weight is 505 g/mol. The van der Waals surface area contributed by atoms with E-state index < -0.39 is 0 Å². The van der Waals surface area contributed by atoms with Crippen LogP contribution in [0.15, 0.2) is 84.2 Å². The minimum absolute atomic E-state index is 0.135. The zero-order valence-electron chi connectivity index (χ0n) is 22.8. The van der Waals surface area contributed by atoms with Crippen LogP contribution in [0.25, 0.3) is 23.5 Å². The highest BCUT2D eigenvalue weighted by Crippen LogP contribution is 2.31. The van der Waals surface area contributed by atoms with Crippen molar-refractivity contribution in [1.29, 1.82) is 0 Å². The summed E-state index contributed by atoms with van der Waals surface area (Å²) in [6.07, 6.45) is 11.5. The number of Topliss-reactive ketones (excluding diaryl/α,β-unsaturated/α-hetero) is 1. The Morgan fingerprint density at radius 1 is 0.684 bits per heavy atom. The molecule has 0 unspecified atom stereocenters. The predicted octanol–water partition coefficient (Wildman–Crippen LogP) is 7.28. The first kappa shape index (κ1) is 25.7. The second-order valence-corrected chi connectivity index (χ2v) is 11.0. The summed E-state index contributed by atoms with van der Waals surface area (Å²) in [7, 11) is 0. The highest BCUT2D eigenvalue weighted by molar-refractivity contribution is 6.15. The number of aromatic nitrogens is 4. The van der Waals surface area contributed by atoms with Crippen molar-refractivity contribution in [2.24, 2.45) is 11.8 Å². The Morgan fingerprint density at radius 2 is 1.08 bits per heavy atom. The summed E-state index contributed by atoms with van der Waals surface area (Å²) in [6, 6.07) is 20.3. The Balaban J connectivity index is 1.46. The Labute approximate surface area is 225 Å². The largest absolute Gasteiger partial charge is 0.289 e. The van der Waals surface area contributed by atoms with Crippen LogP contribution in [0.1, 0.15) is 63.1 Å². The van der Waals surface area contributed by atoms with Crippen molar-refractivity contribution >= 4 is 17.9 Å². The molecule has 5 heteroatoms. The van der Waals surface area contributed by atoms with E-state index in [-0.39, 0.29) is 5.78 Å². The van der Waals surface area contributed by atoms with E-state index in [0.29, 0.717) is 11.8 Å². The third kappa shape index (κ3) is 5.77. The molecule has 4 aromatic rings. The Hall–Kier alpha value is -3.99. The molecule has 194 valence electrons. The van der Waals surface area contributed by atoms with E-state index in [1.165, 1.54) is 0 Å². The molecule has 2 aromatic carbocycles. The molecule has 5 nitrogen and oxygen atoms in total. The van der Waals surface area contributed by atoms with Gasteiger partial charge in [0.05, 0.1) is 22.8 Å². The summed E-state index contributed by atoms with van der Waals surface area (Å²) in [5.74, 6) is 1.08. The minimum Gasteiger partial charge on any atom is -0.289 e. The summed E-state index contributed by atoms with van der Waals surface area (Å²) in [6.45, 7) is 8.80. The lowest BCUT2D eigenvalue weighted by molar-refractivity contribution is -0.111. The monoisotopic (exact) mass is 504 g/mol. The predicted molar refractivity (Wildman–Crippen MR) is 154 cm³/mol. The van der Waals surface area contributed by atoms with E-state index in [2.05, 4.69) is 76.5 Å². The second-order valence-electron chi connectivity index (χ2n) is 11.0. The molecule has 0 atom stereocenters. The van der Waals surface area contributed by atoms with Crippen LogP contribution in [-0.4, -0.2) is 25.3 Å². The molecule has 1 aliphatic carbocycles. The molecule has 0 spiro atoms. The number of nitrogens with zero attached hydrogens (tertiary/aromatic N) is 4. The Morgan fingerprint density at radius 3 is 1.45 bits per heavy atom. The molecule has 5 rings (SSSR count). The quantitative estimate of drug-likeness (QED) is 0.237. The first-order valence-electron chi connectivity index (χ1n) is 13.6. The van der Waals surface area contributed by atoms with Gasteiger partial charge in [0.25, 0.3) is 0 Å². The van der Waals surface area contributed by atoms with Crippen LogP contribution < -0.4 is 0 Å². The molecular formula is C33H36N4O. The molecule has 1 aliphatic rings. The van der Waals surface area contributed by atoms with Gasteiger partial charge in [-0.2, -0.15) is 10.2 Å². The molecule has 0 radical (unpaired) electrons. The summed E-state index contributed by atoms with van der Waals surface area (Å²) in [5.41, 5.74) is 7.88. The van der Waals surface area contributed by atoms with E-state index in [9.17, 15) is 4.79 Å². The number of hydrogen-bond acceptors (Lipinski definition) is 3. The zero-order valence-corrected chi connectivity index (χ0v) is 22.8. The van der Waals surface area contributed by atoms with Gasteiger partial charge in [-0.3, -0.25) is 4.79 Å². The van der Waals surface area contributed by atoms with Gasteiger partial charge >= 0.3 is 0 Å². The van der Waals surface area contributed by atoms with Crippen molar-refractivity contribution in [3.63, 3.8) is 0 Å². The van der Waals surface area contributed by atoms with Gasteiger partial charge in [-0.1, -0.05) is 64.1 Å². The number of ketones is 1. The van der Waals surface area contributed by atoms with Crippen molar-refractivity contribution < 1.29 is 4.79 Å². The van der Waals surface area contributed by atoms with Crippen molar-refractivity contribution in [3.05, 3.63) is 107 Å². The Kier molecular flexibility index (Phi) is 7.54. The molecule has 38 heavy (non-hydrogen) atoms. The van der Waals surface area contributed by atoms with E-state index in [1.54, 1.807) is 0 Å². The van der Waals surface area contributed by atoms with Crippen molar-refractivity contribution in [1.82, 2.24) is 19.6 Å². The molecule has 1 saturated carbocycles. The van der Waals surface area contributed by atoms with Crippen molar-refractivity contribution in [2.45, 2.75) is 53.4 Å². The first-order chi connectivity index (χ1) is 18.4. The fourth-order valence-corrected chi connectivity index (χ4v) is 4.96. The van der Waals surface area contributed by atoms with Gasteiger partial charge in [0.2, 0.25) is 0 Å². The minimum atomic E-state index is 0.135. The van der Waals surface area contributed by atoms with Crippen LogP contribution in [0.4, 0.5) is 0 Å². The van der Waals surface area contributed by atoms with Gasteiger partial charge in [0, 0.05) is 34.7 Å². The van der Waals surface area contributed by atoms with Crippen molar-refractivity contribution in [2.75, 3.05) is 0 Å². The van der Waals surface area contributed by atoms with Crippen LogP contribution >= 0.6 is 0 Å². The number of allylic oxidation sites excluding steroid dienone is 2. The molecule has 0 N–H and O–H groups in total. The molecule has 0 aliphatic heterocycles. The molecule has 2 aromatic heterocycles. The number of benzene rings is 2. The summed E-state index contributed by atoms with van der Waals surface area (Å²) in [5, 5.41) is 9.76. The maximum atomic E-state index is 13.5. The van der Waals surface area contributed by atoms with Gasteiger partial charge in [-0.25, -0.2) is 9.36 Å². The van der Waals surface area contributed by atoms with E-state index in [4.69, 9.17) is 10.2 Å². The van der Waals surface area contributed by atoms with Crippen LogP contribution in [-0.2, 0) is 17.6 Å².